The van der Waals surface area contributed by atoms with Gasteiger partial charge >= 0.3 is 0 Å². The lowest BCUT2D eigenvalue weighted by Crippen LogP contribution is -1.78. The number of nitrogens with zero attached hydrogens (tertiary/aromatic N) is 2. The molecular weight excluding hydrogens is 140 g/mol. The lowest BCUT2D eigenvalue weighted by atomic mass is 10.4. The molecule has 0 saturated heterocycles. The van der Waals surface area contributed by atoms with Crippen LogP contribution in [0.2, 0.25) is 0 Å². The molecule has 1 heterocycles. The van der Waals surface area contributed by atoms with E-state index < -0.39 is 0 Å². The Morgan fingerprint density at radius 1 is 1.64 bits per heavy atom. The van der Waals surface area contributed by atoms with Crippen molar-refractivity contribution in [3.8, 4) is 6.07 Å². The lowest BCUT2D eigenvalue weighted by Gasteiger charge is -1.82. The van der Waals surface area contributed by atoms with Gasteiger partial charge in [0.25, 0.3) is 0 Å². The van der Waals surface area contributed by atoms with Gasteiger partial charge in [-0.1, -0.05) is 0 Å². The van der Waals surface area contributed by atoms with Gasteiger partial charge in [0.15, 0.2) is 11.6 Å². The minimum atomic E-state index is 0.437. The van der Waals surface area contributed by atoms with Gasteiger partial charge in [0.1, 0.15) is 11.8 Å². The minimum Gasteiger partial charge on any atom is -0.444 e. The maximum atomic E-state index is 8.56. The first-order chi connectivity index (χ1) is 5.31. The van der Waals surface area contributed by atoms with E-state index in [9.17, 15) is 0 Å². The maximum absolute atomic E-state index is 8.56. The van der Waals surface area contributed by atoms with Gasteiger partial charge in [0.05, 0.1) is 0 Å². The van der Waals surface area contributed by atoms with E-state index in [0.29, 0.717) is 17.4 Å². The molecule has 1 aromatic heterocycles. The van der Waals surface area contributed by atoms with E-state index in [1.807, 2.05) is 6.07 Å². The molecule has 0 bridgehead atoms. The fraction of sp³-hybridized carbons (Fsp3) is 0.500. The van der Waals surface area contributed by atoms with Gasteiger partial charge in [-0.3, -0.25) is 0 Å². The number of nitriles is 1. The first-order valence-electron chi connectivity index (χ1n) is 3.68. The topological polar surface area (TPSA) is 49.8 Å². The Bertz CT molecular complexity index is 317. The molecule has 0 N–H and O–H groups in total. The summed E-state index contributed by atoms with van der Waals surface area (Å²) in [6.07, 6.45) is 2.32. The van der Waals surface area contributed by atoms with E-state index in [4.69, 9.17) is 9.68 Å². The highest BCUT2D eigenvalue weighted by Gasteiger charge is 2.29. The van der Waals surface area contributed by atoms with Crippen LogP contribution in [0.3, 0.4) is 0 Å². The van der Waals surface area contributed by atoms with E-state index in [1.165, 1.54) is 0 Å². The number of rotatable bonds is 1. The Hall–Kier alpha value is -1.30. The molecule has 2 rings (SSSR count). The van der Waals surface area contributed by atoms with E-state index >= 15 is 0 Å². The number of hydrogen-bond acceptors (Lipinski definition) is 3. The molecule has 0 aliphatic heterocycles. The molecule has 0 radical (unpaired) electrons. The molecular formula is C8H8N2O. The van der Waals surface area contributed by atoms with Crippen LogP contribution in [0, 0.1) is 18.3 Å². The Morgan fingerprint density at radius 2 is 2.36 bits per heavy atom. The highest BCUT2D eigenvalue weighted by Crippen LogP contribution is 2.39. The van der Waals surface area contributed by atoms with Crippen molar-refractivity contribution in [2.45, 2.75) is 25.7 Å². The molecule has 0 spiro atoms. The molecule has 0 aromatic carbocycles. The van der Waals surface area contributed by atoms with Gasteiger partial charge in [-0.15, -0.1) is 0 Å². The van der Waals surface area contributed by atoms with E-state index in [2.05, 4.69) is 4.98 Å². The van der Waals surface area contributed by atoms with Gasteiger partial charge in [-0.2, -0.15) is 5.26 Å². The highest BCUT2D eigenvalue weighted by molar-refractivity contribution is 5.24. The van der Waals surface area contributed by atoms with E-state index in [1.54, 1.807) is 6.92 Å². The first kappa shape index (κ1) is 6.41. The third kappa shape index (κ3) is 1.01. The van der Waals surface area contributed by atoms with Crippen molar-refractivity contribution in [3.63, 3.8) is 0 Å². The van der Waals surface area contributed by atoms with Gasteiger partial charge in [0, 0.05) is 5.92 Å². The Kier molecular flexibility index (Phi) is 1.22. The summed E-state index contributed by atoms with van der Waals surface area (Å²) in [5, 5.41) is 8.56. The Balaban J connectivity index is 2.38. The molecule has 0 amide bonds. The van der Waals surface area contributed by atoms with Crippen LogP contribution < -0.4 is 0 Å². The van der Waals surface area contributed by atoms with Gasteiger partial charge in [0.2, 0.25) is 0 Å². The SMILES string of the molecule is Cc1oc(C2CC2)nc1C#N. The number of oxazole rings is 1. The van der Waals surface area contributed by atoms with Crippen molar-refractivity contribution < 1.29 is 4.42 Å². The van der Waals surface area contributed by atoms with E-state index in [0.717, 1.165) is 18.7 Å². The summed E-state index contributed by atoms with van der Waals surface area (Å²) in [4.78, 5) is 4.06. The van der Waals surface area contributed by atoms with Crippen LogP contribution in [-0.2, 0) is 0 Å². The third-order valence-corrected chi connectivity index (χ3v) is 1.85. The van der Waals surface area contributed by atoms with Crippen molar-refractivity contribution in [2.75, 3.05) is 0 Å². The molecule has 3 heteroatoms. The van der Waals surface area contributed by atoms with Crippen molar-refractivity contribution in [1.82, 2.24) is 4.98 Å². The maximum Gasteiger partial charge on any atom is 0.198 e. The Labute approximate surface area is 64.7 Å². The van der Waals surface area contributed by atoms with Crippen LogP contribution in [-0.4, -0.2) is 4.98 Å². The summed E-state index contributed by atoms with van der Waals surface area (Å²) in [5.41, 5.74) is 0.437. The van der Waals surface area contributed by atoms with Gasteiger partial charge < -0.3 is 4.42 Å². The second-order valence-electron chi connectivity index (χ2n) is 2.84. The minimum absolute atomic E-state index is 0.437. The summed E-state index contributed by atoms with van der Waals surface area (Å²) in [5.74, 6) is 1.89. The number of aryl methyl sites for hydroxylation is 1. The zero-order valence-corrected chi connectivity index (χ0v) is 6.29. The second-order valence-corrected chi connectivity index (χ2v) is 2.84. The average Bonchev–Trinajstić information content (AvgIpc) is 2.76. The monoisotopic (exact) mass is 148 g/mol. The highest BCUT2D eigenvalue weighted by atomic mass is 16.4. The fourth-order valence-corrected chi connectivity index (χ4v) is 1.03. The van der Waals surface area contributed by atoms with Crippen molar-refractivity contribution in [3.05, 3.63) is 17.3 Å². The second kappa shape index (κ2) is 2.09. The van der Waals surface area contributed by atoms with Crippen LogP contribution >= 0.6 is 0 Å². The quantitative estimate of drug-likeness (QED) is 0.609. The van der Waals surface area contributed by atoms with Gasteiger partial charge in [-0.05, 0) is 19.8 Å². The third-order valence-electron chi connectivity index (χ3n) is 1.85. The van der Waals surface area contributed by atoms with E-state index in [-0.39, 0.29) is 0 Å². The van der Waals surface area contributed by atoms with Crippen molar-refractivity contribution in [2.24, 2.45) is 0 Å². The smallest absolute Gasteiger partial charge is 0.198 e. The lowest BCUT2D eigenvalue weighted by molar-refractivity contribution is 0.473. The molecule has 3 nitrogen and oxygen atoms in total. The molecule has 1 saturated carbocycles. The normalized spacial score (nSPS) is 16.4. The number of aromatic nitrogens is 1. The Morgan fingerprint density at radius 3 is 2.82 bits per heavy atom. The van der Waals surface area contributed by atoms with Gasteiger partial charge in [-0.25, -0.2) is 4.98 Å². The predicted molar refractivity (Wildman–Crippen MR) is 37.9 cm³/mol. The largest absolute Gasteiger partial charge is 0.444 e. The zero-order chi connectivity index (χ0) is 7.84. The summed E-state index contributed by atoms with van der Waals surface area (Å²) in [6, 6.07) is 1.99. The predicted octanol–water partition coefficient (Wildman–Crippen LogP) is 1.73. The summed E-state index contributed by atoms with van der Waals surface area (Å²) in [7, 11) is 0. The molecule has 0 unspecified atom stereocenters. The standard InChI is InChI=1S/C8H8N2O/c1-5-7(4-9)10-8(11-5)6-2-3-6/h6H,2-3H2,1H3. The molecule has 1 aromatic rings. The van der Waals surface area contributed by atoms with Crippen LogP contribution in [0.4, 0.5) is 0 Å². The fourth-order valence-electron chi connectivity index (χ4n) is 1.03. The molecule has 11 heavy (non-hydrogen) atoms. The zero-order valence-electron chi connectivity index (χ0n) is 6.29. The molecule has 1 fully saturated rings. The summed E-state index contributed by atoms with van der Waals surface area (Å²) >= 11 is 0. The first-order valence-corrected chi connectivity index (χ1v) is 3.68. The summed E-state index contributed by atoms with van der Waals surface area (Å²) in [6.45, 7) is 1.78. The molecule has 1 aliphatic carbocycles. The molecule has 0 atom stereocenters. The number of hydrogen-bond donors (Lipinski definition) is 0. The van der Waals surface area contributed by atoms with Crippen LogP contribution in [0.25, 0.3) is 0 Å². The van der Waals surface area contributed by atoms with Crippen molar-refractivity contribution in [1.29, 1.82) is 5.26 Å². The summed E-state index contributed by atoms with van der Waals surface area (Å²) < 4.78 is 5.30. The van der Waals surface area contributed by atoms with Crippen LogP contribution in [0.15, 0.2) is 4.42 Å². The average molecular weight is 148 g/mol. The molecule has 1 aliphatic rings. The van der Waals surface area contributed by atoms with Crippen LogP contribution in [0.1, 0.15) is 36.1 Å². The molecule has 56 valence electrons. The van der Waals surface area contributed by atoms with Crippen molar-refractivity contribution >= 4 is 0 Å². The van der Waals surface area contributed by atoms with Crippen LogP contribution in [0.5, 0.6) is 0 Å².